The van der Waals surface area contributed by atoms with Crippen molar-refractivity contribution >= 4 is 33.0 Å². The minimum absolute atomic E-state index is 0.000266. The molecule has 0 aliphatic rings. The summed E-state index contributed by atoms with van der Waals surface area (Å²) >= 11 is 0. The van der Waals surface area contributed by atoms with E-state index in [-0.39, 0.29) is 16.3 Å². The molecule has 1 heterocycles. The number of aromatic nitrogens is 2. The van der Waals surface area contributed by atoms with E-state index < -0.39 is 10.0 Å². The van der Waals surface area contributed by atoms with Gasteiger partial charge in [-0.05, 0) is 49.5 Å². The summed E-state index contributed by atoms with van der Waals surface area (Å²) in [6, 6.07) is 14.4. The number of aromatic hydroxyl groups is 1. The summed E-state index contributed by atoms with van der Waals surface area (Å²) in [5.74, 6) is 0.691. The number of hydrogen-bond acceptors (Lipinski definition) is 8. The fraction of sp³-hybridized carbons (Fsp3) is 0.0556. The zero-order valence-electron chi connectivity index (χ0n) is 14.7. The molecule has 0 saturated heterocycles. The third kappa shape index (κ3) is 4.35. The molecule has 0 aliphatic heterocycles. The predicted molar refractivity (Wildman–Crippen MR) is 104 cm³/mol. The number of sulfonamides is 1. The van der Waals surface area contributed by atoms with Crippen molar-refractivity contribution in [3.8, 4) is 11.8 Å². The quantitative estimate of drug-likeness (QED) is 0.466. The molecule has 0 saturated carbocycles. The van der Waals surface area contributed by atoms with E-state index in [1.165, 1.54) is 31.6 Å². The zero-order valence-corrected chi connectivity index (χ0v) is 15.5. The molecule has 9 nitrogen and oxygen atoms in total. The third-order valence-electron chi connectivity index (χ3n) is 3.76. The minimum atomic E-state index is -3.65. The molecule has 28 heavy (non-hydrogen) atoms. The Balaban J connectivity index is 1.83. The van der Waals surface area contributed by atoms with Gasteiger partial charge >= 0.3 is 0 Å². The van der Waals surface area contributed by atoms with Crippen LogP contribution in [0.4, 0.5) is 23.0 Å². The summed E-state index contributed by atoms with van der Waals surface area (Å²) in [5, 5.41) is 24.8. The number of hydrogen-bond donors (Lipinski definition) is 4. The highest BCUT2D eigenvalue weighted by molar-refractivity contribution is 7.89. The van der Waals surface area contributed by atoms with Crippen LogP contribution in [0.1, 0.15) is 5.56 Å². The Morgan fingerprint density at radius 3 is 2.32 bits per heavy atom. The Morgan fingerprint density at radius 2 is 1.68 bits per heavy atom. The highest BCUT2D eigenvalue weighted by Gasteiger charge is 2.14. The Labute approximate surface area is 161 Å². The number of rotatable bonds is 6. The van der Waals surface area contributed by atoms with Gasteiger partial charge in [0, 0.05) is 11.8 Å². The Bertz CT molecular complexity index is 1140. The Morgan fingerprint density at radius 1 is 1.00 bits per heavy atom. The first-order valence-electron chi connectivity index (χ1n) is 8.04. The molecular formula is C18H16N6O3S. The highest BCUT2D eigenvalue weighted by Crippen LogP contribution is 2.29. The zero-order chi connectivity index (χ0) is 20.1. The smallest absolute Gasteiger partial charge is 0.240 e. The van der Waals surface area contributed by atoms with Crippen molar-refractivity contribution in [2.24, 2.45) is 0 Å². The lowest BCUT2D eigenvalue weighted by Gasteiger charge is -2.11. The minimum Gasteiger partial charge on any atom is -0.506 e. The van der Waals surface area contributed by atoms with Crippen LogP contribution >= 0.6 is 0 Å². The molecule has 3 aromatic rings. The number of nitrogens with zero attached hydrogens (tertiary/aromatic N) is 3. The van der Waals surface area contributed by atoms with Gasteiger partial charge in [-0.25, -0.2) is 23.1 Å². The molecule has 0 spiro atoms. The van der Waals surface area contributed by atoms with E-state index in [0.717, 1.165) is 5.69 Å². The van der Waals surface area contributed by atoms with Crippen LogP contribution in [0, 0.1) is 11.3 Å². The van der Waals surface area contributed by atoms with Gasteiger partial charge in [0.15, 0.2) is 0 Å². The first-order valence-corrected chi connectivity index (χ1v) is 9.52. The average Bonchev–Trinajstić information content (AvgIpc) is 2.70. The number of anilines is 4. The van der Waals surface area contributed by atoms with Gasteiger partial charge in [-0.2, -0.15) is 5.26 Å². The molecule has 2 aromatic carbocycles. The van der Waals surface area contributed by atoms with Crippen LogP contribution in [0.15, 0.2) is 59.8 Å². The maximum absolute atomic E-state index is 11.9. The van der Waals surface area contributed by atoms with E-state index in [4.69, 9.17) is 5.26 Å². The summed E-state index contributed by atoms with van der Waals surface area (Å²) in [4.78, 5) is 8.19. The molecule has 0 bridgehead atoms. The molecule has 0 radical (unpaired) electrons. The first kappa shape index (κ1) is 19.1. The molecule has 0 unspecified atom stereocenters. The summed E-state index contributed by atoms with van der Waals surface area (Å²) in [6.45, 7) is 0. The maximum atomic E-state index is 11.9. The van der Waals surface area contributed by atoms with Gasteiger partial charge in [-0.15, -0.1) is 0 Å². The van der Waals surface area contributed by atoms with Crippen molar-refractivity contribution < 1.29 is 13.5 Å². The van der Waals surface area contributed by atoms with Crippen molar-refractivity contribution in [3.63, 3.8) is 0 Å². The number of nitrogens with one attached hydrogen (secondary N) is 3. The van der Waals surface area contributed by atoms with Crippen LogP contribution in [0.2, 0.25) is 0 Å². The van der Waals surface area contributed by atoms with Gasteiger partial charge in [0.2, 0.25) is 10.0 Å². The van der Waals surface area contributed by atoms with E-state index in [2.05, 4.69) is 25.3 Å². The highest BCUT2D eigenvalue weighted by atomic mass is 32.2. The monoisotopic (exact) mass is 396 g/mol. The van der Waals surface area contributed by atoms with Crippen LogP contribution in [0.5, 0.6) is 5.75 Å². The van der Waals surface area contributed by atoms with E-state index in [1.807, 2.05) is 6.07 Å². The molecule has 3 rings (SSSR count). The Hall–Kier alpha value is -3.68. The van der Waals surface area contributed by atoms with Crippen LogP contribution < -0.4 is 15.4 Å². The van der Waals surface area contributed by atoms with Gasteiger partial charge in [-0.1, -0.05) is 0 Å². The largest absolute Gasteiger partial charge is 0.506 e. The number of phenolic OH excluding ortho intramolecular Hbond substituents is 1. The van der Waals surface area contributed by atoms with Crippen molar-refractivity contribution in [1.29, 1.82) is 5.26 Å². The fourth-order valence-electron chi connectivity index (χ4n) is 2.31. The second kappa shape index (κ2) is 7.91. The van der Waals surface area contributed by atoms with E-state index in [0.29, 0.717) is 17.2 Å². The predicted octanol–water partition coefficient (Wildman–Crippen LogP) is 2.45. The average molecular weight is 396 g/mol. The topological polar surface area (TPSA) is 140 Å². The summed E-state index contributed by atoms with van der Waals surface area (Å²) in [6.07, 6.45) is 1.32. The molecule has 1 aromatic heterocycles. The van der Waals surface area contributed by atoms with Crippen LogP contribution in [-0.4, -0.2) is 30.5 Å². The van der Waals surface area contributed by atoms with Crippen LogP contribution in [0.3, 0.4) is 0 Å². The fourth-order valence-corrected chi connectivity index (χ4v) is 3.06. The van der Waals surface area contributed by atoms with E-state index >= 15 is 0 Å². The number of benzene rings is 2. The molecule has 10 heteroatoms. The first-order chi connectivity index (χ1) is 13.4. The second-order valence-corrected chi connectivity index (χ2v) is 7.50. The number of phenols is 1. The lowest BCUT2D eigenvalue weighted by atomic mass is 10.2. The lowest BCUT2D eigenvalue weighted by Crippen LogP contribution is -2.18. The lowest BCUT2D eigenvalue weighted by molar-refractivity contribution is 0.477. The van der Waals surface area contributed by atoms with E-state index in [1.54, 1.807) is 30.3 Å². The van der Waals surface area contributed by atoms with Crippen molar-refractivity contribution in [2.75, 3.05) is 17.7 Å². The van der Waals surface area contributed by atoms with Gasteiger partial charge < -0.3 is 15.7 Å². The summed E-state index contributed by atoms with van der Waals surface area (Å²) < 4.78 is 26.1. The van der Waals surface area contributed by atoms with E-state index in [9.17, 15) is 13.5 Å². The molecule has 142 valence electrons. The molecule has 0 atom stereocenters. The van der Waals surface area contributed by atoms with Crippen molar-refractivity contribution in [3.05, 3.63) is 60.4 Å². The molecule has 4 N–H and O–H groups in total. The second-order valence-electron chi connectivity index (χ2n) is 5.61. The Kier molecular flexibility index (Phi) is 5.39. The normalized spacial score (nSPS) is 10.9. The molecule has 0 fully saturated rings. The van der Waals surface area contributed by atoms with Gasteiger partial charge in [0.05, 0.1) is 22.2 Å². The summed E-state index contributed by atoms with van der Waals surface area (Å²) in [7, 11) is -2.35. The van der Waals surface area contributed by atoms with Crippen molar-refractivity contribution in [1.82, 2.24) is 14.7 Å². The summed E-state index contributed by atoms with van der Waals surface area (Å²) in [5.41, 5.74) is 1.45. The standard InChI is InChI=1S/C18H16N6O3S/c1-20-28(26,27)14-6-7-16(25)15(8-14)24-18-9-17(21-11-22-18)23-13-4-2-12(10-19)3-5-13/h2-9,11,20,25H,1H3,(H2,21,22,23,24). The van der Waals surface area contributed by atoms with Gasteiger partial charge in [0.1, 0.15) is 23.7 Å². The van der Waals surface area contributed by atoms with Crippen molar-refractivity contribution in [2.45, 2.75) is 4.90 Å². The van der Waals surface area contributed by atoms with Crippen LogP contribution in [0.25, 0.3) is 0 Å². The van der Waals surface area contributed by atoms with Gasteiger partial charge in [0.25, 0.3) is 0 Å². The molecule has 0 aliphatic carbocycles. The molecule has 0 amide bonds. The number of nitriles is 1. The van der Waals surface area contributed by atoms with Crippen LogP contribution in [-0.2, 0) is 10.0 Å². The molecular weight excluding hydrogens is 380 g/mol. The SMILES string of the molecule is CNS(=O)(=O)c1ccc(O)c(Nc2cc(Nc3ccc(C#N)cc3)ncn2)c1. The van der Waals surface area contributed by atoms with Gasteiger partial charge in [-0.3, -0.25) is 0 Å². The third-order valence-corrected chi connectivity index (χ3v) is 5.18. The maximum Gasteiger partial charge on any atom is 0.240 e.